The van der Waals surface area contributed by atoms with E-state index < -0.39 is 0 Å². The summed E-state index contributed by atoms with van der Waals surface area (Å²) in [4.78, 5) is 3.94. The summed E-state index contributed by atoms with van der Waals surface area (Å²) < 4.78 is 2.46. The van der Waals surface area contributed by atoms with Crippen LogP contribution in [0.1, 0.15) is 62.0 Å². The first-order valence-corrected chi connectivity index (χ1v) is 25.3. The number of rotatable bonds is 8. The van der Waals surface area contributed by atoms with Crippen LogP contribution in [0.15, 0.2) is 229 Å². The van der Waals surface area contributed by atoms with Crippen molar-refractivity contribution in [3.63, 3.8) is 0 Å². The van der Waals surface area contributed by atoms with Crippen LogP contribution in [0.25, 0.3) is 71.6 Å². The fourth-order valence-corrected chi connectivity index (χ4v) is 13.6. The summed E-state index contributed by atoms with van der Waals surface area (Å²) >= 11 is 2.01. The third-order valence-corrected chi connectivity index (χ3v) is 16.6. The minimum atomic E-state index is -0.00706. The van der Waals surface area contributed by atoms with Gasteiger partial charge in [0.25, 0.3) is 0 Å². The summed E-state index contributed by atoms with van der Waals surface area (Å²) in [6.07, 6.45) is 15.7. The molecule has 0 N–H and O–H groups in total. The molecule has 0 amide bonds. The molecule has 13 rings (SSSR count). The first kappa shape index (κ1) is 40.9. The summed E-state index contributed by atoms with van der Waals surface area (Å²) in [5.74, 6) is 0.910. The van der Waals surface area contributed by atoms with Crippen LogP contribution >= 0.6 is 11.8 Å². The molecule has 68 heavy (non-hydrogen) atoms. The van der Waals surface area contributed by atoms with Gasteiger partial charge in [-0.15, -0.1) is 11.8 Å². The van der Waals surface area contributed by atoms with Crippen molar-refractivity contribution in [3.05, 3.63) is 236 Å². The zero-order chi connectivity index (χ0) is 45.2. The third kappa shape index (κ3) is 6.70. The van der Waals surface area contributed by atoms with Gasteiger partial charge in [-0.25, -0.2) is 0 Å². The summed E-state index contributed by atoms with van der Waals surface area (Å²) in [6, 6.07) is 75.1. The van der Waals surface area contributed by atoms with Gasteiger partial charge < -0.3 is 9.47 Å². The van der Waals surface area contributed by atoms with E-state index in [1.54, 1.807) is 0 Å². The van der Waals surface area contributed by atoms with Gasteiger partial charge >= 0.3 is 0 Å². The van der Waals surface area contributed by atoms with Gasteiger partial charge in [-0.2, -0.15) is 0 Å². The van der Waals surface area contributed by atoms with E-state index in [2.05, 4.69) is 241 Å². The second-order valence-corrected chi connectivity index (χ2v) is 20.6. The normalized spacial score (nSPS) is 17.8. The van der Waals surface area contributed by atoms with Crippen molar-refractivity contribution in [3.8, 4) is 39.1 Å². The minimum Gasteiger partial charge on any atom is -0.309 e. The molecule has 2 heterocycles. The topological polar surface area (TPSA) is 8.17 Å². The Kier molecular flexibility index (Phi) is 10.1. The van der Waals surface area contributed by atoms with Crippen molar-refractivity contribution < 1.29 is 0 Å². The van der Waals surface area contributed by atoms with Crippen LogP contribution in [0.4, 0.5) is 17.1 Å². The predicted molar refractivity (Wildman–Crippen MR) is 290 cm³/mol. The van der Waals surface area contributed by atoms with Gasteiger partial charge in [0.15, 0.2) is 0 Å². The lowest BCUT2D eigenvalue weighted by Gasteiger charge is -2.31. The van der Waals surface area contributed by atoms with E-state index in [1.165, 1.54) is 114 Å². The van der Waals surface area contributed by atoms with Crippen LogP contribution in [-0.4, -0.2) is 9.31 Å². The predicted octanol–water partition coefficient (Wildman–Crippen LogP) is 18.5. The molecule has 2 atom stereocenters. The molecule has 1 saturated carbocycles. The lowest BCUT2D eigenvalue weighted by molar-refractivity contribution is 0.445. The van der Waals surface area contributed by atoms with Gasteiger partial charge in [-0.3, -0.25) is 0 Å². The monoisotopic (exact) mass is 892 g/mol. The molecule has 2 aliphatic carbocycles. The zero-order valence-electron chi connectivity index (χ0n) is 38.4. The minimum absolute atomic E-state index is 0.00706. The highest BCUT2D eigenvalue weighted by molar-refractivity contribution is 8.01. The molecule has 1 aliphatic heterocycles. The van der Waals surface area contributed by atoms with Crippen LogP contribution in [-0.2, 0) is 0 Å². The second-order valence-electron chi connectivity index (χ2n) is 19.1. The highest BCUT2D eigenvalue weighted by Crippen LogP contribution is 2.58. The molecule has 0 bridgehead atoms. The first-order chi connectivity index (χ1) is 33.6. The van der Waals surface area contributed by atoms with Crippen LogP contribution in [0.3, 0.4) is 0 Å². The maximum absolute atomic E-state index is 2.56. The largest absolute Gasteiger partial charge is 0.309 e. The molecular weight excluding hydrogens is 841 g/mol. The van der Waals surface area contributed by atoms with E-state index in [4.69, 9.17) is 0 Å². The molecule has 2 unspecified atom stereocenters. The molecule has 0 radical (unpaired) electrons. The van der Waals surface area contributed by atoms with Gasteiger partial charge in [0, 0.05) is 54.4 Å². The zero-order valence-corrected chi connectivity index (χ0v) is 39.2. The molecule has 328 valence electrons. The molecular formula is C65H52N2S. The molecule has 0 saturated heterocycles. The molecule has 1 aromatic heterocycles. The SMILES string of the molecule is CC12C=CC=CC1c1cccc(-c3cccc(N(c4ccccc4-c4cccc5cccc(C6CCCCC6)c45)c4ccccc4-c4cccc5c6ccccc6n(-c6ccccc6)c45)c3)c1S2. The Morgan fingerprint density at radius 1 is 0.529 bits per heavy atom. The van der Waals surface area contributed by atoms with E-state index >= 15 is 0 Å². The highest BCUT2D eigenvalue weighted by Gasteiger charge is 2.42. The van der Waals surface area contributed by atoms with Crippen LogP contribution in [0.5, 0.6) is 0 Å². The molecule has 10 aromatic rings. The van der Waals surface area contributed by atoms with Gasteiger partial charge in [0.05, 0.1) is 22.4 Å². The van der Waals surface area contributed by atoms with Crippen molar-refractivity contribution in [1.82, 2.24) is 4.57 Å². The molecule has 0 spiro atoms. The number of fused-ring (bicyclic) bond motifs is 7. The molecule has 9 aromatic carbocycles. The number of hydrogen-bond acceptors (Lipinski definition) is 2. The summed E-state index contributed by atoms with van der Waals surface area (Å²) in [5, 5.41) is 5.19. The van der Waals surface area contributed by atoms with Crippen molar-refractivity contribution in [2.45, 2.75) is 60.5 Å². The fourth-order valence-electron chi connectivity index (χ4n) is 12.0. The number of hydrogen-bond donors (Lipinski definition) is 0. The Morgan fingerprint density at radius 2 is 1.16 bits per heavy atom. The van der Waals surface area contributed by atoms with Crippen LogP contribution < -0.4 is 4.90 Å². The maximum atomic E-state index is 2.56. The van der Waals surface area contributed by atoms with Gasteiger partial charge in [0.2, 0.25) is 0 Å². The standard InChI is InChI=1S/C65H52N2S/c1-65-42-15-14-38-58(65)57-37-19-33-50(64(57)68-65)46-25-16-28-48(43-46)66(59-39-11-8-29-51(59)54-34-18-24-45-23-17-32-49(62(45)54)44-21-4-2-5-22-44)60-40-12-9-30-52(60)55-35-20-36-56-53-31-10-13-41-61(53)67(63(55)56)47-26-6-3-7-27-47/h3,6-20,23-44,58H,2,4-5,21-22H2,1H3. The molecule has 2 nitrogen and oxygen atoms in total. The summed E-state index contributed by atoms with van der Waals surface area (Å²) in [7, 11) is 0. The maximum Gasteiger partial charge on any atom is 0.0620 e. The second kappa shape index (κ2) is 16.8. The number of nitrogens with zero attached hydrogens (tertiary/aromatic N) is 2. The van der Waals surface area contributed by atoms with Gasteiger partial charge in [-0.1, -0.05) is 201 Å². The number of para-hydroxylation sites is 5. The lowest BCUT2D eigenvalue weighted by Crippen LogP contribution is -2.22. The molecule has 3 heteroatoms. The van der Waals surface area contributed by atoms with Gasteiger partial charge in [-0.05, 0) is 107 Å². The average Bonchev–Trinajstić information content (AvgIpc) is 3.91. The Morgan fingerprint density at radius 3 is 2.00 bits per heavy atom. The van der Waals surface area contributed by atoms with E-state index in [0.717, 1.165) is 22.7 Å². The smallest absolute Gasteiger partial charge is 0.0620 e. The molecule has 3 aliphatic rings. The number of aromatic nitrogens is 1. The summed E-state index contributed by atoms with van der Waals surface area (Å²) in [5.41, 5.74) is 17.3. The van der Waals surface area contributed by atoms with E-state index in [9.17, 15) is 0 Å². The van der Waals surface area contributed by atoms with Crippen molar-refractivity contribution in [1.29, 1.82) is 0 Å². The number of anilines is 3. The Balaban J connectivity index is 1.07. The van der Waals surface area contributed by atoms with Crippen LogP contribution in [0, 0.1) is 0 Å². The Bertz CT molecular complexity index is 3620. The van der Waals surface area contributed by atoms with Crippen molar-refractivity contribution >= 4 is 61.4 Å². The van der Waals surface area contributed by atoms with Gasteiger partial charge in [0.1, 0.15) is 0 Å². The fraction of sp³-hybridized carbons (Fsp3) is 0.138. The number of benzene rings is 9. The van der Waals surface area contributed by atoms with E-state index in [0.29, 0.717) is 11.8 Å². The molecule has 1 fully saturated rings. The quantitative estimate of drug-likeness (QED) is 0.150. The Hall–Kier alpha value is -7.33. The highest BCUT2D eigenvalue weighted by atomic mass is 32.2. The third-order valence-electron chi connectivity index (χ3n) is 15.1. The lowest BCUT2D eigenvalue weighted by atomic mass is 9.80. The number of thioether (sulfide) groups is 1. The first-order valence-electron chi connectivity index (χ1n) is 24.5. The van der Waals surface area contributed by atoms with E-state index in [-0.39, 0.29) is 4.75 Å². The van der Waals surface area contributed by atoms with Crippen LogP contribution in [0.2, 0.25) is 0 Å². The summed E-state index contributed by atoms with van der Waals surface area (Å²) in [6.45, 7) is 2.39. The Labute approximate surface area is 403 Å². The average molecular weight is 893 g/mol. The van der Waals surface area contributed by atoms with Crippen molar-refractivity contribution in [2.24, 2.45) is 0 Å². The van der Waals surface area contributed by atoms with Crippen molar-refractivity contribution in [2.75, 3.05) is 4.90 Å². The van der Waals surface area contributed by atoms with E-state index in [1.807, 2.05) is 11.8 Å². The number of allylic oxidation sites excluding steroid dienone is 3.